The summed E-state index contributed by atoms with van der Waals surface area (Å²) in [4.78, 5) is 10.3. The molecule has 0 saturated carbocycles. The molecule has 2 atom stereocenters. The van der Waals surface area contributed by atoms with Crippen LogP contribution >= 0.6 is 0 Å². The van der Waals surface area contributed by atoms with Gasteiger partial charge in [0.05, 0.1) is 6.04 Å². The minimum absolute atomic E-state index is 0.149. The van der Waals surface area contributed by atoms with Gasteiger partial charge in [-0.1, -0.05) is 0 Å². The number of carbonyl (C=O) groups excluding carboxylic acids is 1. The molecular formula is C5H8FNO2. The zero-order valence-corrected chi connectivity index (χ0v) is 5.06. The third-order valence-electron chi connectivity index (χ3n) is 1.25. The molecule has 0 aromatic heterocycles. The van der Waals surface area contributed by atoms with Crippen LogP contribution in [-0.2, 0) is 4.74 Å². The molecule has 1 saturated heterocycles. The van der Waals surface area contributed by atoms with Crippen LogP contribution in [0.5, 0.6) is 0 Å². The number of hydrogen-bond acceptors (Lipinski definition) is 2. The molecule has 0 bridgehead atoms. The second-order valence-electron chi connectivity index (χ2n) is 2.03. The molecule has 0 spiro atoms. The number of rotatable bonds is 1. The first-order valence-electron chi connectivity index (χ1n) is 2.77. The highest BCUT2D eigenvalue weighted by Gasteiger charge is 2.26. The number of alkyl carbamates (subject to hydrolysis) is 1. The average Bonchev–Trinajstić information content (AvgIpc) is 2.14. The van der Waals surface area contributed by atoms with Gasteiger partial charge in [-0.15, -0.1) is 0 Å². The summed E-state index contributed by atoms with van der Waals surface area (Å²) >= 11 is 0. The molecule has 1 aliphatic rings. The van der Waals surface area contributed by atoms with Crippen LogP contribution in [0.3, 0.4) is 0 Å². The minimum Gasteiger partial charge on any atom is -0.447 e. The molecule has 4 heteroatoms. The van der Waals surface area contributed by atoms with Crippen molar-refractivity contribution in [2.45, 2.75) is 19.1 Å². The van der Waals surface area contributed by atoms with Crippen LogP contribution in [0.1, 0.15) is 6.92 Å². The molecule has 2 unspecified atom stereocenters. The quantitative estimate of drug-likeness (QED) is 0.564. The highest BCUT2D eigenvalue weighted by atomic mass is 19.1. The number of nitrogens with one attached hydrogen (secondary N) is 1. The monoisotopic (exact) mass is 133 g/mol. The molecule has 0 radical (unpaired) electrons. The smallest absolute Gasteiger partial charge is 0.407 e. The van der Waals surface area contributed by atoms with Crippen molar-refractivity contribution in [3.05, 3.63) is 0 Å². The number of halogens is 1. The lowest BCUT2D eigenvalue weighted by Crippen LogP contribution is -2.33. The topological polar surface area (TPSA) is 38.3 Å². The van der Waals surface area contributed by atoms with E-state index in [1.54, 1.807) is 0 Å². The second-order valence-corrected chi connectivity index (χ2v) is 2.03. The lowest BCUT2D eigenvalue weighted by Gasteiger charge is -2.05. The maximum absolute atomic E-state index is 12.3. The second kappa shape index (κ2) is 2.21. The van der Waals surface area contributed by atoms with Crippen LogP contribution in [0.4, 0.5) is 9.18 Å². The number of carbonyl (C=O) groups is 1. The summed E-state index contributed by atoms with van der Waals surface area (Å²) in [5, 5.41) is 2.32. The van der Waals surface area contributed by atoms with E-state index in [1.165, 1.54) is 6.92 Å². The maximum Gasteiger partial charge on any atom is 0.407 e. The highest BCUT2D eigenvalue weighted by molar-refractivity contribution is 5.69. The van der Waals surface area contributed by atoms with Gasteiger partial charge in [0, 0.05) is 0 Å². The van der Waals surface area contributed by atoms with Gasteiger partial charge in [0.1, 0.15) is 12.8 Å². The van der Waals surface area contributed by atoms with Gasteiger partial charge < -0.3 is 10.1 Å². The van der Waals surface area contributed by atoms with Gasteiger partial charge in [-0.25, -0.2) is 9.18 Å². The van der Waals surface area contributed by atoms with Crippen molar-refractivity contribution in [3.63, 3.8) is 0 Å². The molecule has 1 aliphatic heterocycles. The summed E-state index contributed by atoms with van der Waals surface area (Å²) in [5.41, 5.74) is 0. The fourth-order valence-corrected chi connectivity index (χ4v) is 0.648. The normalized spacial score (nSPS) is 29.1. The molecule has 9 heavy (non-hydrogen) atoms. The Bertz CT molecular complexity index is 126. The first-order chi connectivity index (χ1) is 4.20. The van der Waals surface area contributed by atoms with Gasteiger partial charge in [-0.3, -0.25) is 0 Å². The van der Waals surface area contributed by atoms with Gasteiger partial charge in [0.2, 0.25) is 0 Å². The minimum atomic E-state index is -1.03. The first-order valence-corrected chi connectivity index (χ1v) is 2.77. The van der Waals surface area contributed by atoms with E-state index in [4.69, 9.17) is 0 Å². The number of hydrogen-bond donors (Lipinski definition) is 1. The van der Waals surface area contributed by atoms with Crippen LogP contribution in [-0.4, -0.2) is 24.9 Å². The molecule has 52 valence electrons. The van der Waals surface area contributed by atoms with Crippen LogP contribution in [0.25, 0.3) is 0 Å². The van der Waals surface area contributed by atoms with Crippen molar-refractivity contribution in [2.24, 2.45) is 0 Å². The highest BCUT2D eigenvalue weighted by Crippen LogP contribution is 2.04. The Balaban J connectivity index is 2.39. The van der Waals surface area contributed by atoms with Gasteiger partial charge in [0.25, 0.3) is 0 Å². The first kappa shape index (κ1) is 6.32. The molecular weight excluding hydrogens is 125 g/mol. The molecule has 1 rings (SSSR count). The van der Waals surface area contributed by atoms with Gasteiger partial charge in [0.15, 0.2) is 0 Å². The Morgan fingerprint density at radius 1 is 2.00 bits per heavy atom. The Hall–Kier alpha value is -0.800. The Labute approximate surface area is 52.2 Å². The van der Waals surface area contributed by atoms with Gasteiger partial charge in [-0.2, -0.15) is 0 Å². The number of amides is 1. The summed E-state index contributed by atoms with van der Waals surface area (Å²) in [6.07, 6.45) is -1.55. The third kappa shape index (κ3) is 1.31. The predicted octanol–water partition coefficient (Wildman–Crippen LogP) is 0.453. The number of ether oxygens (including phenoxy) is 1. The average molecular weight is 133 g/mol. The Kier molecular flexibility index (Phi) is 1.55. The molecule has 1 heterocycles. The molecule has 1 fully saturated rings. The van der Waals surface area contributed by atoms with E-state index >= 15 is 0 Å². The summed E-state index contributed by atoms with van der Waals surface area (Å²) in [6.45, 7) is 1.54. The zero-order chi connectivity index (χ0) is 6.85. The molecule has 1 amide bonds. The van der Waals surface area contributed by atoms with Crippen LogP contribution in [0, 0.1) is 0 Å². The zero-order valence-electron chi connectivity index (χ0n) is 5.06. The maximum atomic E-state index is 12.3. The van der Waals surface area contributed by atoms with Crippen molar-refractivity contribution < 1.29 is 13.9 Å². The molecule has 0 aromatic carbocycles. The van der Waals surface area contributed by atoms with Crippen molar-refractivity contribution in [2.75, 3.05) is 6.61 Å². The van der Waals surface area contributed by atoms with Gasteiger partial charge in [-0.05, 0) is 6.92 Å². The summed E-state index contributed by atoms with van der Waals surface area (Å²) < 4.78 is 16.7. The number of alkyl halides is 1. The predicted molar refractivity (Wildman–Crippen MR) is 28.8 cm³/mol. The van der Waals surface area contributed by atoms with E-state index in [0.29, 0.717) is 0 Å². The van der Waals surface area contributed by atoms with Crippen molar-refractivity contribution >= 4 is 6.09 Å². The van der Waals surface area contributed by atoms with Crippen molar-refractivity contribution in [3.8, 4) is 0 Å². The molecule has 3 nitrogen and oxygen atoms in total. The van der Waals surface area contributed by atoms with Crippen molar-refractivity contribution in [1.82, 2.24) is 5.32 Å². The van der Waals surface area contributed by atoms with Crippen LogP contribution in [0.2, 0.25) is 0 Å². The standard InChI is InChI=1S/C5H8FNO2/c1-3(6)4-2-9-5(8)7-4/h3-4H,2H2,1H3,(H,7,8). The van der Waals surface area contributed by atoms with Crippen LogP contribution < -0.4 is 5.32 Å². The fraction of sp³-hybridized carbons (Fsp3) is 0.800. The van der Waals surface area contributed by atoms with Crippen molar-refractivity contribution in [1.29, 1.82) is 0 Å². The Morgan fingerprint density at radius 2 is 2.67 bits per heavy atom. The lowest BCUT2D eigenvalue weighted by molar-refractivity contribution is 0.173. The molecule has 0 aliphatic carbocycles. The van der Waals surface area contributed by atoms with E-state index in [9.17, 15) is 9.18 Å². The fourth-order valence-electron chi connectivity index (χ4n) is 0.648. The van der Waals surface area contributed by atoms with E-state index in [-0.39, 0.29) is 6.61 Å². The van der Waals surface area contributed by atoms with Crippen LogP contribution in [0.15, 0.2) is 0 Å². The SMILES string of the molecule is CC(F)C1COC(=O)N1. The third-order valence-corrected chi connectivity index (χ3v) is 1.25. The van der Waals surface area contributed by atoms with E-state index in [1.807, 2.05) is 0 Å². The lowest BCUT2D eigenvalue weighted by atomic mass is 10.2. The largest absolute Gasteiger partial charge is 0.447 e. The van der Waals surface area contributed by atoms with E-state index in [2.05, 4.69) is 10.1 Å². The Morgan fingerprint density at radius 3 is 2.89 bits per heavy atom. The molecule has 1 N–H and O–H groups in total. The van der Waals surface area contributed by atoms with E-state index < -0.39 is 18.3 Å². The summed E-state index contributed by atoms with van der Waals surface area (Å²) in [7, 11) is 0. The number of cyclic esters (lactones) is 1. The van der Waals surface area contributed by atoms with Gasteiger partial charge >= 0.3 is 6.09 Å². The van der Waals surface area contributed by atoms with E-state index in [0.717, 1.165) is 0 Å². The summed E-state index contributed by atoms with van der Waals surface area (Å²) in [5.74, 6) is 0. The molecule has 0 aromatic rings. The summed E-state index contributed by atoms with van der Waals surface area (Å²) in [6, 6.07) is -0.447.